The molecule has 0 aliphatic carbocycles. The zero-order valence-electron chi connectivity index (χ0n) is 11.6. The fourth-order valence-corrected chi connectivity index (χ4v) is 2.46. The van der Waals surface area contributed by atoms with Gasteiger partial charge in [-0.15, -0.1) is 6.58 Å². The molecule has 0 amide bonds. The summed E-state index contributed by atoms with van der Waals surface area (Å²) in [7, 11) is 1.54. The van der Waals surface area contributed by atoms with E-state index in [-0.39, 0.29) is 18.8 Å². The van der Waals surface area contributed by atoms with Crippen molar-refractivity contribution in [3.8, 4) is 0 Å². The lowest BCUT2D eigenvalue weighted by molar-refractivity contribution is -0.239. The Morgan fingerprint density at radius 1 is 1.37 bits per heavy atom. The number of aliphatic hydroxyl groups is 1. The average molecular weight is 274 g/mol. The van der Waals surface area contributed by atoms with Crippen LogP contribution in [0.15, 0.2) is 12.7 Å². The molecule has 2 aliphatic rings. The lowest BCUT2D eigenvalue weighted by atomic mass is 10.1. The number of hydrogen-bond donors (Lipinski definition) is 1. The van der Waals surface area contributed by atoms with E-state index in [1.165, 1.54) is 0 Å². The van der Waals surface area contributed by atoms with Crippen molar-refractivity contribution in [2.24, 2.45) is 0 Å². The van der Waals surface area contributed by atoms with Crippen LogP contribution in [-0.2, 0) is 23.7 Å². The molecule has 1 N–H and O–H groups in total. The molecule has 110 valence electrons. The Labute approximate surface area is 113 Å². The highest BCUT2D eigenvalue weighted by atomic mass is 16.8. The van der Waals surface area contributed by atoms with E-state index in [0.29, 0.717) is 6.61 Å². The van der Waals surface area contributed by atoms with Gasteiger partial charge in [0.25, 0.3) is 0 Å². The SMILES string of the molecule is C=CCOC[C@@H](O)[C@H]1O[C@H](OC)[C@H]2OC(C)(C)O[C@H]21. The summed E-state index contributed by atoms with van der Waals surface area (Å²) in [6.07, 6.45) is -0.930. The summed E-state index contributed by atoms with van der Waals surface area (Å²) in [4.78, 5) is 0. The predicted molar refractivity (Wildman–Crippen MR) is 66.5 cm³/mol. The highest BCUT2D eigenvalue weighted by Gasteiger charge is 2.57. The molecule has 0 aromatic carbocycles. The molecule has 0 spiro atoms. The number of fused-ring (bicyclic) bond motifs is 1. The van der Waals surface area contributed by atoms with Crippen molar-refractivity contribution < 1.29 is 28.8 Å². The molecule has 6 nitrogen and oxygen atoms in total. The molecule has 2 aliphatic heterocycles. The quantitative estimate of drug-likeness (QED) is 0.560. The molecule has 0 saturated carbocycles. The van der Waals surface area contributed by atoms with Gasteiger partial charge in [-0.05, 0) is 13.8 Å². The van der Waals surface area contributed by atoms with Crippen LogP contribution in [0, 0.1) is 0 Å². The van der Waals surface area contributed by atoms with Crippen LogP contribution in [0.25, 0.3) is 0 Å². The third-order valence-corrected chi connectivity index (χ3v) is 3.18. The van der Waals surface area contributed by atoms with Gasteiger partial charge in [-0.25, -0.2) is 0 Å². The van der Waals surface area contributed by atoms with Gasteiger partial charge in [0.2, 0.25) is 0 Å². The first-order valence-electron chi connectivity index (χ1n) is 6.39. The van der Waals surface area contributed by atoms with Gasteiger partial charge in [-0.2, -0.15) is 0 Å². The Morgan fingerprint density at radius 2 is 2.05 bits per heavy atom. The van der Waals surface area contributed by atoms with Crippen LogP contribution in [0.1, 0.15) is 13.8 Å². The Kier molecular flexibility index (Phi) is 4.60. The van der Waals surface area contributed by atoms with Crippen molar-refractivity contribution in [1.82, 2.24) is 0 Å². The summed E-state index contributed by atoms with van der Waals surface area (Å²) in [5.41, 5.74) is 0. The van der Waals surface area contributed by atoms with Gasteiger partial charge in [0.05, 0.1) is 13.2 Å². The van der Waals surface area contributed by atoms with Crippen LogP contribution < -0.4 is 0 Å². The molecule has 0 aromatic rings. The molecule has 0 radical (unpaired) electrons. The van der Waals surface area contributed by atoms with Crippen LogP contribution in [0.5, 0.6) is 0 Å². The largest absolute Gasteiger partial charge is 0.388 e. The number of rotatable bonds is 6. The first-order valence-corrected chi connectivity index (χ1v) is 6.39. The van der Waals surface area contributed by atoms with E-state index in [1.54, 1.807) is 13.2 Å². The molecule has 2 heterocycles. The minimum atomic E-state index is -0.801. The van der Waals surface area contributed by atoms with E-state index in [1.807, 2.05) is 13.8 Å². The monoisotopic (exact) mass is 274 g/mol. The molecule has 5 atom stereocenters. The van der Waals surface area contributed by atoms with Crippen molar-refractivity contribution in [3.63, 3.8) is 0 Å². The van der Waals surface area contributed by atoms with Crippen LogP contribution in [0.3, 0.4) is 0 Å². The van der Waals surface area contributed by atoms with Crippen molar-refractivity contribution in [3.05, 3.63) is 12.7 Å². The van der Waals surface area contributed by atoms with Gasteiger partial charge < -0.3 is 28.8 Å². The van der Waals surface area contributed by atoms with Gasteiger partial charge in [0.1, 0.15) is 24.4 Å². The molecular weight excluding hydrogens is 252 g/mol. The number of methoxy groups -OCH3 is 1. The van der Waals surface area contributed by atoms with E-state index in [4.69, 9.17) is 23.7 Å². The standard InChI is InChI=1S/C13H22O6/c1-5-6-16-7-8(14)9-10-11(12(15-4)17-9)19-13(2,3)18-10/h5,8-12,14H,1,6-7H2,2-4H3/t8-,9-,10+,11+,12+/m1/s1. The summed E-state index contributed by atoms with van der Waals surface area (Å²) >= 11 is 0. The van der Waals surface area contributed by atoms with Gasteiger partial charge in [-0.3, -0.25) is 0 Å². The molecular formula is C13H22O6. The molecule has 6 heteroatoms. The predicted octanol–water partition coefficient (Wildman–Crippen LogP) is 0.441. The maximum Gasteiger partial charge on any atom is 0.186 e. The molecule has 0 unspecified atom stereocenters. The highest BCUT2D eigenvalue weighted by molar-refractivity contribution is 4.97. The maximum absolute atomic E-state index is 10.1. The van der Waals surface area contributed by atoms with E-state index in [2.05, 4.69) is 6.58 Å². The zero-order valence-corrected chi connectivity index (χ0v) is 11.6. The maximum atomic E-state index is 10.1. The third kappa shape index (κ3) is 3.16. The van der Waals surface area contributed by atoms with Crippen molar-refractivity contribution in [2.45, 2.75) is 50.3 Å². The fourth-order valence-electron chi connectivity index (χ4n) is 2.46. The third-order valence-electron chi connectivity index (χ3n) is 3.18. The highest BCUT2D eigenvalue weighted by Crippen LogP contribution is 2.39. The molecule has 2 fully saturated rings. The average Bonchev–Trinajstić information content (AvgIpc) is 2.82. The van der Waals surface area contributed by atoms with Crippen LogP contribution in [-0.4, -0.2) is 61.9 Å². The Hall–Kier alpha value is -0.500. The van der Waals surface area contributed by atoms with Gasteiger partial charge in [0, 0.05) is 7.11 Å². The van der Waals surface area contributed by atoms with Gasteiger partial charge >= 0.3 is 0 Å². The van der Waals surface area contributed by atoms with Gasteiger partial charge in [0.15, 0.2) is 12.1 Å². The van der Waals surface area contributed by atoms with E-state index in [0.717, 1.165) is 0 Å². The van der Waals surface area contributed by atoms with Crippen molar-refractivity contribution >= 4 is 0 Å². The molecule has 0 bridgehead atoms. The zero-order chi connectivity index (χ0) is 14.0. The first kappa shape index (κ1) is 14.9. The summed E-state index contributed by atoms with van der Waals surface area (Å²) in [5.74, 6) is -0.699. The normalized spacial score (nSPS) is 38.1. The van der Waals surface area contributed by atoms with Crippen LogP contribution >= 0.6 is 0 Å². The van der Waals surface area contributed by atoms with Crippen LogP contribution in [0.2, 0.25) is 0 Å². The minimum Gasteiger partial charge on any atom is -0.388 e. The Balaban J connectivity index is 1.99. The second kappa shape index (κ2) is 5.87. The number of ether oxygens (including phenoxy) is 5. The van der Waals surface area contributed by atoms with Crippen LogP contribution in [0.4, 0.5) is 0 Å². The van der Waals surface area contributed by atoms with E-state index >= 15 is 0 Å². The fraction of sp³-hybridized carbons (Fsp3) is 0.846. The lowest BCUT2D eigenvalue weighted by Gasteiger charge is -2.25. The Bertz CT molecular complexity index is 318. The lowest BCUT2D eigenvalue weighted by Crippen LogP contribution is -2.41. The Morgan fingerprint density at radius 3 is 2.68 bits per heavy atom. The van der Waals surface area contributed by atoms with Crippen molar-refractivity contribution in [1.29, 1.82) is 0 Å². The minimum absolute atomic E-state index is 0.153. The summed E-state index contributed by atoms with van der Waals surface area (Å²) < 4.78 is 27.6. The van der Waals surface area contributed by atoms with Crippen molar-refractivity contribution in [2.75, 3.05) is 20.3 Å². The molecule has 0 aromatic heterocycles. The number of aliphatic hydroxyl groups excluding tert-OH is 1. The summed E-state index contributed by atoms with van der Waals surface area (Å²) in [5, 5.41) is 10.1. The summed E-state index contributed by atoms with van der Waals surface area (Å²) in [6, 6.07) is 0. The smallest absolute Gasteiger partial charge is 0.186 e. The molecule has 2 saturated heterocycles. The number of hydrogen-bond acceptors (Lipinski definition) is 6. The second-order valence-electron chi connectivity index (χ2n) is 5.16. The molecule has 2 rings (SSSR count). The summed E-state index contributed by atoms with van der Waals surface area (Å²) in [6.45, 7) is 7.74. The van der Waals surface area contributed by atoms with E-state index in [9.17, 15) is 5.11 Å². The van der Waals surface area contributed by atoms with E-state index < -0.39 is 24.3 Å². The second-order valence-corrected chi connectivity index (χ2v) is 5.16. The molecule has 19 heavy (non-hydrogen) atoms. The first-order chi connectivity index (χ1) is 8.98. The van der Waals surface area contributed by atoms with Gasteiger partial charge in [-0.1, -0.05) is 6.08 Å². The topological polar surface area (TPSA) is 66.4 Å².